The summed E-state index contributed by atoms with van der Waals surface area (Å²) in [5, 5.41) is 3.02. The van der Waals surface area contributed by atoms with Crippen LogP contribution in [0.15, 0.2) is 41.4 Å². The van der Waals surface area contributed by atoms with Crippen molar-refractivity contribution in [2.24, 2.45) is 0 Å². The molecule has 17 heavy (non-hydrogen) atoms. The van der Waals surface area contributed by atoms with Crippen LogP contribution in [-0.2, 0) is 6.54 Å². The van der Waals surface area contributed by atoms with E-state index in [4.69, 9.17) is 0 Å². The molecule has 0 aliphatic carbocycles. The molecular formula is C13H10N2OS. The van der Waals surface area contributed by atoms with Crippen molar-refractivity contribution >= 4 is 28.5 Å². The number of para-hydroxylation sites is 1. The molecule has 2 aromatic heterocycles. The van der Waals surface area contributed by atoms with E-state index in [-0.39, 0.29) is 0 Å². The molecule has 1 aromatic carbocycles. The zero-order chi connectivity index (χ0) is 11.7. The van der Waals surface area contributed by atoms with Gasteiger partial charge in [0.2, 0.25) is 0 Å². The van der Waals surface area contributed by atoms with Crippen LogP contribution in [0.4, 0.5) is 0 Å². The number of aldehydes is 1. The van der Waals surface area contributed by atoms with Gasteiger partial charge in [-0.15, -0.1) is 11.3 Å². The van der Waals surface area contributed by atoms with Gasteiger partial charge in [-0.25, -0.2) is 4.98 Å². The van der Waals surface area contributed by atoms with Crippen molar-refractivity contribution in [1.29, 1.82) is 0 Å². The Hall–Kier alpha value is -1.94. The van der Waals surface area contributed by atoms with Crippen LogP contribution in [0.25, 0.3) is 10.9 Å². The van der Waals surface area contributed by atoms with Crippen LogP contribution < -0.4 is 0 Å². The van der Waals surface area contributed by atoms with Crippen molar-refractivity contribution in [3.8, 4) is 0 Å². The first-order valence-corrected chi connectivity index (χ1v) is 6.23. The van der Waals surface area contributed by atoms with Crippen molar-refractivity contribution in [2.45, 2.75) is 6.54 Å². The number of carbonyl (C=O) groups excluding carboxylic acids is 1. The molecule has 0 saturated carbocycles. The lowest BCUT2D eigenvalue weighted by Crippen LogP contribution is -1.97. The number of benzene rings is 1. The fraction of sp³-hybridized carbons (Fsp3) is 0.0769. The largest absolute Gasteiger partial charge is 0.341 e. The predicted octanol–water partition coefficient (Wildman–Crippen LogP) is 2.96. The SMILES string of the molecule is O=Cc1cn(Cc2cscn2)c2ccccc12. The number of aromatic nitrogens is 2. The highest BCUT2D eigenvalue weighted by Gasteiger charge is 2.07. The maximum atomic E-state index is 11.0. The topological polar surface area (TPSA) is 34.9 Å². The van der Waals surface area contributed by atoms with E-state index in [1.165, 1.54) is 0 Å². The second-order valence-corrected chi connectivity index (χ2v) is 4.55. The van der Waals surface area contributed by atoms with Crippen LogP contribution in [0.3, 0.4) is 0 Å². The van der Waals surface area contributed by atoms with Crippen molar-refractivity contribution in [1.82, 2.24) is 9.55 Å². The maximum absolute atomic E-state index is 11.0. The van der Waals surface area contributed by atoms with Gasteiger partial charge >= 0.3 is 0 Å². The van der Waals surface area contributed by atoms with E-state index in [2.05, 4.69) is 9.55 Å². The molecule has 0 spiro atoms. The Kier molecular flexibility index (Phi) is 2.49. The molecule has 0 saturated heterocycles. The van der Waals surface area contributed by atoms with Gasteiger partial charge in [0.25, 0.3) is 0 Å². The van der Waals surface area contributed by atoms with Gasteiger partial charge in [-0.2, -0.15) is 0 Å². The zero-order valence-corrected chi connectivity index (χ0v) is 9.85. The van der Waals surface area contributed by atoms with Crippen LogP contribution in [0, 0.1) is 0 Å². The Morgan fingerprint density at radius 3 is 3.00 bits per heavy atom. The highest BCUT2D eigenvalue weighted by atomic mass is 32.1. The monoisotopic (exact) mass is 242 g/mol. The second-order valence-electron chi connectivity index (χ2n) is 3.83. The molecule has 0 atom stereocenters. The van der Waals surface area contributed by atoms with Crippen molar-refractivity contribution in [3.63, 3.8) is 0 Å². The molecule has 0 fully saturated rings. The minimum atomic E-state index is 0.706. The number of carbonyl (C=O) groups is 1. The summed E-state index contributed by atoms with van der Waals surface area (Å²) in [5.74, 6) is 0. The Bertz CT molecular complexity index is 655. The lowest BCUT2D eigenvalue weighted by Gasteiger charge is -2.01. The fourth-order valence-electron chi connectivity index (χ4n) is 1.99. The van der Waals surface area contributed by atoms with Gasteiger partial charge in [0, 0.05) is 28.0 Å². The number of hydrogen-bond donors (Lipinski definition) is 0. The molecule has 0 radical (unpaired) electrons. The molecule has 0 amide bonds. The van der Waals surface area contributed by atoms with Crippen LogP contribution in [0.2, 0.25) is 0 Å². The predicted molar refractivity (Wildman–Crippen MR) is 68.5 cm³/mol. The third-order valence-corrected chi connectivity index (χ3v) is 3.40. The minimum absolute atomic E-state index is 0.706. The molecule has 3 rings (SSSR count). The third kappa shape index (κ3) is 1.76. The smallest absolute Gasteiger partial charge is 0.152 e. The average Bonchev–Trinajstić information content (AvgIpc) is 2.98. The van der Waals surface area contributed by atoms with Crippen molar-refractivity contribution < 1.29 is 4.79 Å². The van der Waals surface area contributed by atoms with Gasteiger partial charge in [-0.05, 0) is 6.07 Å². The van der Waals surface area contributed by atoms with Gasteiger partial charge in [0.1, 0.15) is 0 Å². The summed E-state index contributed by atoms with van der Waals surface area (Å²) < 4.78 is 2.06. The Morgan fingerprint density at radius 2 is 2.24 bits per heavy atom. The van der Waals surface area contributed by atoms with E-state index in [1.807, 2.05) is 41.4 Å². The molecule has 0 bridgehead atoms. The van der Waals surface area contributed by atoms with Gasteiger partial charge in [0.15, 0.2) is 6.29 Å². The molecule has 2 heterocycles. The average molecular weight is 242 g/mol. The summed E-state index contributed by atoms with van der Waals surface area (Å²) in [6, 6.07) is 7.92. The van der Waals surface area contributed by atoms with Gasteiger partial charge < -0.3 is 4.57 Å². The Balaban J connectivity index is 2.13. The van der Waals surface area contributed by atoms with E-state index < -0.39 is 0 Å². The first-order chi connectivity index (χ1) is 8.38. The Labute approximate surface area is 102 Å². The van der Waals surface area contributed by atoms with E-state index in [0.717, 1.165) is 28.4 Å². The summed E-state index contributed by atoms with van der Waals surface area (Å²) in [4.78, 5) is 15.3. The van der Waals surface area contributed by atoms with E-state index in [9.17, 15) is 4.79 Å². The summed E-state index contributed by atoms with van der Waals surface area (Å²) in [5.41, 5.74) is 4.65. The summed E-state index contributed by atoms with van der Waals surface area (Å²) in [6.45, 7) is 0.706. The van der Waals surface area contributed by atoms with E-state index in [1.54, 1.807) is 11.3 Å². The molecule has 84 valence electrons. The van der Waals surface area contributed by atoms with Crippen LogP contribution >= 0.6 is 11.3 Å². The highest BCUT2D eigenvalue weighted by molar-refractivity contribution is 7.07. The van der Waals surface area contributed by atoms with E-state index in [0.29, 0.717) is 6.54 Å². The van der Waals surface area contributed by atoms with Crippen LogP contribution in [0.1, 0.15) is 16.1 Å². The van der Waals surface area contributed by atoms with Gasteiger partial charge in [0.05, 0.1) is 17.7 Å². The number of thiazole rings is 1. The number of rotatable bonds is 3. The van der Waals surface area contributed by atoms with E-state index >= 15 is 0 Å². The molecule has 0 unspecified atom stereocenters. The third-order valence-electron chi connectivity index (χ3n) is 2.76. The fourth-order valence-corrected chi connectivity index (χ4v) is 2.54. The Morgan fingerprint density at radius 1 is 1.35 bits per heavy atom. The second kappa shape index (κ2) is 4.14. The zero-order valence-electron chi connectivity index (χ0n) is 9.04. The summed E-state index contributed by atoms with van der Waals surface area (Å²) in [6.07, 6.45) is 2.79. The molecule has 3 nitrogen and oxygen atoms in total. The van der Waals surface area contributed by atoms with Crippen molar-refractivity contribution in [3.05, 3.63) is 52.6 Å². The molecule has 0 aliphatic rings. The molecule has 4 heteroatoms. The molecule has 0 N–H and O–H groups in total. The summed E-state index contributed by atoms with van der Waals surface area (Å²) >= 11 is 1.58. The molecule has 3 aromatic rings. The summed E-state index contributed by atoms with van der Waals surface area (Å²) in [7, 11) is 0. The van der Waals surface area contributed by atoms with Gasteiger partial charge in [-0.3, -0.25) is 4.79 Å². The standard InChI is InChI=1S/C13H10N2OS/c16-7-10-5-15(6-11-8-17-9-14-11)13-4-2-1-3-12(10)13/h1-5,7-9H,6H2. The normalized spacial score (nSPS) is 10.8. The molecule has 0 aliphatic heterocycles. The first-order valence-electron chi connectivity index (χ1n) is 5.28. The maximum Gasteiger partial charge on any atom is 0.152 e. The van der Waals surface area contributed by atoms with Gasteiger partial charge in [-0.1, -0.05) is 18.2 Å². The highest BCUT2D eigenvalue weighted by Crippen LogP contribution is 2.20. The minimum Gasteiger partial charge on any atom is -0.341 e. The lowest BCUT2D eigenvalue weighted by molar-refractivity contribution is 0.112. The quantitative estimate of drug-likeness (QED) is 0.662. The number of hydrogen-bond acceptors (Lipinski definition) is 3. The molecular weight excluding hydrogens is 232 g/mol. The first kappa shape index (κ1) is 10.2. The van der Waals surface area contributed by atoms with Crippen molar-refractivity contribution in [2.75, 3.05) is 0 Å². The number of nitrogens with zero attached hydrogens (tertiary/aromatic N) is 2. The van der Waals surface area contributed by atoms with Crippen LogP contribution in [-0.4, -0.2) is 15.8 Å². The number of fused-ring (bicyclic) bond motifs is 1. The lowest BCUT2D eigenvalue weighted by atomic mass is 10.2. The van der Waals surface area contributed by atoms with Crippen LogP contribution in [0.5, 0.6) is 0 Å².